The molecule has 2 aromatic rings. The molecular weight excluding hydrogens is 364 g/mol. The van der Waals surface area contributed by atoms with Gasteiger partial charge in [-0.25, -0.2) is 4.98 Å². The summed E-state index contributed by atoms with van der Waals surface area (Å²) in [4.78, 5) is 28.8. The molecule has 0 aliphatic rings. The molecule has 1 unspecified atom stereocenters. The van der Waals surface area contributed by atoms with E-state index in [2.05, 4.69) is 10.3 Å². The van der Waals surface area contributed by atoms with Gasteiger partial charge in [-0.2, -0.15) is 0 Å². The highest BCUT2D eigenvalue weighted by molar-refractivity contribution is 7.11. The Morgan fingerprint density at radius 2 is 1.74 bits per heavy atom. The summed E-state index contributed by atoms with van der Waals surface area (Å²) in [6, 6.07) is 8.03. The Bertz CT molecular complexity index is 774. The second kappa shape index (κ2) is 9.62. The number of nitrogens with zero attached hydrogens (tertiary/aromatic N) is 1. The van der Waals surface area contributed by atoms with E-state index in [4.69, 9.17) is 0 Å². The molecule has 0 radical (unpaired) electrons. The summed E-state index contributed by atoms with van der Waals surface area (Å²) in [5.74, 6) is -1.96. The van der Waals surface area contributed by atoms with Crippen LogP contribution in [-0.4, -0.2) is 39.2 Å². The van der Waals surface area contributed by atoms with Crippen LogP contribution in [-0.2, 0) is 22.4 Å². The molecule has 0 aliphatic carbocycles. The molecule has 1 heterocycles. The van der Waals surface area contributed by atoms with Crippen LogP contribution in [0.25, 0.3) is 0 Å². The minimum absolute atomic E-state index is 0.142. The maximum atomic E-state index is 11.7. The molecule has 0 aliphatic heterocycles. The number of carboxylic acids is 2. The van der Waals surface area contributed by atoms with Gasteiger partial charge in [0, 0.05) is 17.7 Å². The van der Waals surface area contributed by atoms with Gasteiger partial charge in [0.25, 0.3) is 0 Å². The molecule has 0 amide bonds. The zero-order chi connectivity index (χ0) is 20.0. The first-order chi connectivity index (χ1) is 12.8. The number of hydrogen-bond donors (Lipinski definition) is 3. The van der Waals surface area contributed by atoms with Crippen molar-refractivity contribution in [3.05, 3.63) is 51.5 Å². The fourth-order valence-electron chi connectivity index (χ4n) is 2.96. The molecule has 3 N–H and O–H groups in total. The van der Waals surface area contributed by atoms with Gasteiger partial charge in [-0.15, -0.1) is 11.3 Å². The third-order valence-electron chi connectivity index (χ3n) is 4.20. The van der Waals surface area contributed by atoms with Gasteiger partial charge < -0.3 is 10.2 Å². The summed E-state index contributed by atoms with van der Waals surface area (Å²) < 4.78 is 0. The third kappa shape index (κ3) is 6.45. The predicted molar refractivity (Wildman–Crippen MR) is 105 cm³/mol. The first-order valence-corrected chi connectivity index (χ1v) is 9.78. The fourth-order valence-corrected chi connectivity index (χ4v) is 3.95. The molecule has 0 spiro atoms. The average molecular weight is 391 g/mol. The van der Waals surface area contributed by atoms with Gasteiger partial charge in [0.15, 0.2) is 0 Å². The zero-order valence-corrected chi connectivity index (χ0v) is 16.6. The highest BCUT2D eigenvalue weighted by atomic mass is 32.1. The van der Waals surface area contributed by atoms with Gasteiger partial charge in [-0.3, -0.25) is 14.9 Å². The highest BCUT2D eigenvalue weighted by Crippen LogP contribution is 2.23. The van der Waals surface area contributed by atoms with Gasteiger partial charge >= 0.3 is 11.9 Å². The number of nitrogens with one attached hydrogen (secondary N) is 1. The topological polar surface area (TPSA) is 99.5 Å². The summed E-state index contributed by atoms with van der Waals surface area (Å²) in [7, 11) is 0. The van der Waals surface area contributed by atoms with E-state index < -0.39 is 24.0 Å². The maximum Gasteiger partial charge on any atom is 0.321 e. The Labute approximate surface area is 163 Å². The molecule has 0 saturated carbocycles. The molecule has 2 atom stereocenters. The Morgan fingerprint density at radius 3 is 2.30 bits per heavy atom. The number of benzene rings is 1. The van der Waals surface area contributed by atoms with Crippen LogP contribution in [0.3, 0.4) is 0 Å². The van der Waals surface area contributed by atoms with E-state index in [1.54, 1.807) is 11.3 Å². The van der Waals surface area contributed by atoms with Gasteiger partial charge in [0.1, 0.15) is 12.1 Å². The van der Waals surface area contributed by atoms with Crippen molar-refractivity contribution in [1.82, 2.24) is 10.3 Å². The van der Waals surface area contributed by atoms with Crippen LogP contribution in [0.5, 0.6) is 0 Å². The molecule has 6 nitrogen and oxygen atoms in total. The molecule has 7 heteroatoms. The van der Waals surface area contributed by atoms with Crippen LogP contribution in [0, 0.1) is 12.8 Å². The zero-order valence-electron chi connectivity index (χ0n) is 15.8. The number of thiazole rings is 1. The monoisotopic (exact) mass is 390 g/mol. The van der Waals surface area contributed by atoms with E-state index in [0.29, 0.717) is 12.8 Å². The van der Waals surface area contributed by atoms with Crippen LogP contribution in [0.15, 0.2) is 30.3 Å². The van der Waals surface area contributed by atoms with Gasteiger partial charge in [-0.05, 0) is 24.8 Å². The molecule has 0 fully saturated rings. The minimum atomic E-state index is -1.07. The SMILES string of the molecule is Cc1nc(C[C@H](NC(CC(C)C)C(=O)O)C(=O)O)c(Cc2ccccc2)s1. The second-order valence-corrected chi connectivity index (χ2v) is 8.33. The molecule has 1 aromatic heterocycles. The summed E-state index contributed by atoms with van der Waals surface area (Å²) in [5.41, 5.74) is 1.85. The van der Waals surface area contributed by atoms with Gasteiger partial charge in [0.05, 0.1) is 10.7 Å². The maximum absolute atomic E-state index is 11.7. The molecule has 146 valence electrons. The Morgan fingerprint density at radius 1 is 1.11 bits per heavy atom. The molecule has 27 heavy (non-hydrogen) atoms. The van der Waals surface area contributed by atoms with Crippen molar-refractivity contribution in [2.45, 2.75) is 52.1 Å². The van der Waals surface area contributed by atoms with Gasteiger partial charge in [0.2, 0.25) is 0 Å². The van der Waals surface area contributed by atoms with Crippen molar-refractivity contribution in [2.75, 3.05) is 0 Å². The summed E-state index contributed by atoms with van der Waals surface area (Å²) in [5, 5.41) is 22.7. The van der Waals surface area contributed by atoms with E-state index in [1.807, 2.05) is 51.1 Å². The smallest absolute Gasteiger partial charge is 0.321 e. The van der Waals surface area contributed by atoms with Crippen molar-refractivity contribution in [3.63, 3.8) is 0 Å². The molecule has 1 aromatic carbocycles. The van der Waals surface area contributed by atoms with Crippen molar-refractivity contribution < 1.29 is 19.8 Å². The fraction of sp³-hybridized carbons (Fsp3) is 0.450. The average Bonchev–Trinajstić information content (AvgIpc) is 2.92. The van der Waals surface area contributed by atoms with Gasteiger partial charge in [-0.1, -0.05) is 44.2 Å². The number of carbonyl (C=O) groups is 2. The lowest BCUT2D eigenvalue weighted by atomic mass is 10.0. The predicted octanol–water partition coefficient (Wildman–Crippen LogP) is 3.13. The van der Waals surface area contributed by atoms with Crippen LogP contribution < -0.4 is 5.32 Å². The molecule has 2 rings (SSSR count). The van der Waals surface area contributed by atoms with E-state index >= 15 is 0 Å². The Kier molecular flexibility index (Phi) is 7.50. The number of aromatic nitrogens is 1. The van der Waals surface area contributed by atoms with Crippen molar-refractivity contribution in [2.24, 2.45) is 5.92 Å². The first kappa shape index (κ1) is 21.1. The molecular formula is C20H26N2O4S. The standard InChI is InChI=1S/C20H26N2O4S/c1-12(2)9-16(19(23)24)22-17(20(25)26)11-15-18(27-13(3)21-15)10-14-7-5-4-6-8-14/h4-8,12,16-17,22H,9-11H2,1-3H3,(H,23,24)(H,25,26)/t16?,17-/m0/s1. The van der Waals surface area contributed by atoms with E-state index in [9.17, 15) is 19.8 Å². The van der Waals surface area contributed by atoms with Crippen LogP contribution in [0.1, 0.15) is 41.4 Å². The van der Waals surface area contributed by atoms with E-state index in [1.165, 1.54) is 0 Å². The van der Waals surface area contributed by atoms with Crippen LogP contribution in [0.2, 0.25) is 0 Å². The molecule has 0 bridgehead atoms. The lowest BCUT2D eigenvalue weighted by Crippen LogP contribution is -2.48. The quantitative estimate of drug-likeness (QED) is 0.576. The molecule has 0 saturated heterocycles. The number of carboxylic acid groups (broad SMARTS) is 2. The minimum Gasteiger partial charge on any atom is -0.480 e. The summed E-state index contributed by atoms with van der Waals surface area (Å²) >= 11 is 1.55. The normalized spacial score (nSPS) is 13.5. The van der Waals surface area contributed by atoms with Crippen LogP contribution in [0.4, 0.5) is 0 Å². The van der Waals surface area contributed by atoms with Crippen molar-refractivity contribution in [1.29, 1.82) is 0 Å². The second-order valence-electron chi connectivity index (χ2n) is 7.05. The Hall–Kier alpha value is -2.25. The number of aliphatic carboxylic acids is 2. The summed E-state index contributed by atoms with van der Waals surface area (Å²) in [6.45, 7) is 5.72. The summed E-state index contributed by atoms with van der Waals surface area (Å²) in [6.07, 6.45) is 1.21. The first-order valence-electron chi connectivity index (χ1n) is 8.97. The number of aryl methyl sites for hydroxylation is 1. The largest absolute Gasteiger partial charge is 0.480 e. The lowest BCUT2D eigenvalue weighted by Gasteiger charge is -2.21. The van der Waals surface area contributed by atoms with Crippen molar-refractivity contribution >= 4 is 23.3 Å². The van der Waals surface area contributed by atoms with Crippen molar-refractivity contribution in [3.8, 4) is 0 Å². The van der Waals surface area contributed by atoms with E-state index in [0.717, 1.165) is 21.1 Å². The lowest BCUT2D eigenvalue weighted by molar-refractivity contribution is -0.142. The third-order valence-corrected chi connectivity index (χ3v) is 5.21. The Balaban J connectivity index is 2.18. The van der Waals surface area contributed by atoms with E-state index in [-0.39, 0.29) is 12.3 Å². The highest BCUT2D eigenvalue weighted by Gasteiger charge is 2.28. The van der Waals surface area contributed by atoms with Crippen LogP contribution >= 0.6 is 11.3 Å². The number of hydrogen-bond acceptors (Lipinski definition) is 5. The number of rotatable bonds is 10.